The third-order valence-electron chi connectivity index (χ3n) is 2.10. The largest absolute Gasteiger partial charge is 0.396 e. The molecule has 0 aromatic carbocycles. The van der Waals surface area contributed by atoms with Crippen molar-refractivity contribution >= 4 is 17.7 Å². The first kappa shape index (κ1) is 11.6. The van der Waals surface area contributed by atoms with Gasteiger partial charge in [0.15, 0.2) is 0 Å². The standard InChI is InChI=1S/C10H17NO2S/c12-5-1-4-11-10(13)8-9-2-6-14-7-3-9/h8,12H,1-7H2,(H,11,13). The molecule has 1 aliphatic rings. The summed E-state index contributed by atoms with van der Waals surface area (Å²) in [7, 11) is 0. The molecule has 80 valence electrons. The molecule has 0 spiro atoms. The Hall–Kier alpha value is -0.480. The van der Waals surface area contributed by atoms with Gasteiger partial charge in [0.25, 0.3) is 0 Å². The molecule has 0 unspecified atom stereocenters. The Morgan fingerprint density at radius 3 is 2.86 bits per heavy atom. The fourth-order valence-corrected chi connectivity index (χ4v) is 2.32. The van der Waals surface area contributed by atoms with Crippen LogP contribution in [0.2, 0.25) is 0 Å². The van der Waals surface area contributed by atoms with Gasteiger partial charge in [0.05, 0.1) is 0 Å². The summed E-state index contributed by atoms with van der Waals surface area (Å²) in [6.07, 6.45) is 4.43. The molecule has 3 nitrogen and oxygen atoms in total. The van der Waals surface area contributed by atoms with Gasteiger partial charge >= 0.3 is 0 Å². The van der Waals surface area contributed by atoms with Crippen LogP contribution in [0.15, 0.2) is 11.6 Å². The van der Waals surface area contributed by atoms with Crippen LogP contribution in [-0.2, 0) is 4.79 Å². The molecular formula is C10H17NO2S. The molecule has 1 saturated heterocycles. The molecule has 0 aromatic rings. The number of carbonyl (C=O) groups is 1. The van der Waals surface area contributed by atoms with Gasteiger partial charge in [0.1, 0.15) is 0 Å². The van der Waals surface area contributed by atoms with Crippen LogP contribution in [0.25, 0.3) is 0 Å². The molecule has 0 atom stereocenters. The molecule has 0 aromatic heterocycles. The highest BCUT2D eigenvalue weighted by Gasteiger charge is 2.06. The van der Waals surface area contributed by atoms with E-state index in [4.69, 9.17) is 5.11 Å². The van der Waals surface area contributed by atoms with E-state index < -0.39 is 0 Å². The van der Waals surface area contributed by atoms with Gasteiger partial charge in [-0.05, 0) is 30.8 Å². The number of amides is 1. The number of carbonyl (C=O) groups excluding carboxylic acids is 1. The molecule has 1 fully saturated rings. The molecule has 1 heterocycles. The van der Waals surface area contributed by atoms with Crippen LogP contribution in [0.5, 0.6) is 0 Å². The first-order chi connectivity index (χ1) is 6.83. The van der Waals surface area contributed by atoms with Crippen LogP contribution in [0.4, 0.5) is 0 Å². The molecule has 0 aliphatic carbocycles. The second kappa shape index (κ2) is 6.90. The molecule has 4 heteroatoms. The Morgan fingerprint density at radius 2 is 2.21 bits per heavy atom. The molecule has 14 heavy (non-hydrogen) atoms. The van der Waals surface area contributed by atoms with E-state index in [0.29, 0.717) is 13.0 Å². The molecule has 1 amide bonds. The zero-order valence-electron chi connectivity index (χ0n) is 8.29. The number of hydrogen-bond donors (Lipinski definition) is 2. The lowest BCUT2D eigenvalue weighted by molar-refractivity contribution is -0.116. The summed E-state index contributed by atoms with van der Waals surface area (Å²) in [5.41, 5.74) is 1.25. The SMILES string of the molecule is O=C(C=C1CCSCC1)NCCCO. The third kappa shape index (κ3) is 4.67. The second-order valence-corrected chi connectivity index (χ2v) is 4.51. The van der Waals surface area contributed by atoms with Crippen molar-refractivity contribution in [3.8, 4) is 0 Å². The zero-order valence-corrected chi connectivity index (χ0v) is 9.11. The van der Waals surface area contributed by atoms with E-state index in [9.17, 15) is 4.79 Å². The lowest BCUT2D eigenvalue weighted by Crippen LogP contribution is -2.23. The molecule has 1 rings (SSSR count). The topological polar surface area (TPSA) is 49.3 Å². The maximum atomic E-state index is 11.3. The van der Waals surface area contributed by atoms with Crippen LogP contribution in [0.3, 0.4) is 0 Å². The smallest absolute Gasteiger partial charge is 0.243 e. The highest BCUT2D eigenvalue weighted by Crippen LogP contribution is 2.21. The molecule has 2 N–H and O–H groups in total. The number of nitrogens with one attached hydrogen (secondary N) is 1. The van der Waals surface area contributed by atoms with Gasteiger partial charge in [0.2, 0.25) is 5.91 Å². The molecule has 0 radical (unpaired) electrons. The number of aliphatic hydroxyl groups is 1. The number of rotatable bonds is 4. The Morgan fingerprint density at radius 1 is 1.50 bits per heavy atom. The predicted octanol–water partition coefficient (Wildman–Crippen LogP) is 0.938. The fraction of sp³-hybridized carbons (Fsp3) is 0.700. The first-order valence-corrected chi connectivity index (χ1v) is 6.14. The van der Waals surface area contributed by atoms with E-state index in [1.54, 1.807) is 6.08 Å². The zero-order chi connectivity index (χ0) is 10.2. The molecule has 0 saturated carbocycles. The fourth-order valence-electron chi connectivity index (χ4n) is 1.30. The van der Waals surface area contributed by atoms with Gasteiger partial charge in [-0.2, -0.15) is 11.8 Å². The summed E-state index contributed by atoms with van der Waals surface area (Å²) in [6, 6.07) is 0. The number of hydrogen-bond acceptors (Lipinski definition) is 3. The summed E-state index contributed by atoms with van der Waals surface area (Å²) in [5, 5.41) is 11.3. The van der Waals surface area contributed by atoms with Crippen molar-refractivity contribution in [2.45, 2.75) is 19.3 Å². The van der Waals surface area contributed by atoms with E-state index in [-0.39, 0.29) is 12.5 Å². The van der Waals surface area contributed by atoms with E-state index >= 15 is 0 Å². The molecule has 0 bridgehead atoms. The lowest BCUT2D eigenvalue weighted by Gasteiger charge is -2.12. The Balaban J connectivity index is 2.23. The van der Waals surface area contributed by atoms with Gasteiger partial charge < -0.3 is 10.4 Å². The number of aliphatic hydroxyl groups excluding tert-OH is 1. The van der Waals surface area contributed by atoms with Crippen molar-refractivity contribution < 1.29 is 9.90 Å². The summed E-state index contributed by atoms with van der Waals surface area (Å²) in [5.74, 6) is 2.26. The van der Waals surface area contributed by atoms with E-state index in [0.717, 1.165) is 24.3 Å². The first-order valence-electron chi connectivity index (χ1n) is 4.99. The summed E-state index contributed by atoms with van der Waals surface area (Å²) in [6.45, 7) is 0.696. The minimum absolute atomic E-state index is 0.0136. The van der Waals surface area contributed by atoms with Crippen molar-refractivity contribution in [1.82, 2.24) is 5.32 Å². The molecular weight excluding hydrogens is 198 g/mol. The van der Waals surface area contributed by atoms with Crippen molar-refractivity contribution in [3.63, 3.8) is 0 Å². The number of allylic oxidation sites excluding steroid dienone is 1. The quantitative estimate of drug-likeness (QED) is 0.542. The molecule has 1 aliphatic heterocycles. The van der Waals surface area contributed by atoms with Gasteiger partial charge in [-0.25, -0.2) is 0 Å². The van der Waals surface area contributed by atoms with Crippen LogP contribution < -0.4 is 5.32 Å². The maximum Gasteiger partial charge on any atom is 0.243 e. The van der Waals surface area contributed by atoms with Crippen molar-refractivity contribution in [1.29, 1.82) is 0 Å². The van der Waals surface area contributed by atoms with Crippen molar-refractivity contribution in [2.75, 3.05) is 24.7 Å². The van der Waals surface area contributed by atoms with Gasteiger partial charge in [-0.15, -0.1) is 0 Å². The second-order valence-electron chi connectivity index (χ2n) is 3.28. The van der Waals surface area contributed by atoms with Crippen LogP contribution in [0.1, 0.15) is 19.3 Å². The minimum Gasteiger partial charge on any atom is -0.396 e. The van der Waals surface area contributed by atoms with E-state index in [2.05, 4.69) is 5.32 Å². The van der Waals surface area contributed by atoms with Gasteiger partial charge in [-0.1, -0.05) is 5.57 Å². The summed E-state index contributed by atoms with van der Waals surface area (Å²) in [4.78, 5) is 11.3. The predicted molar refractivity (Wildman–Crippen MR) is 59.4 cm³/mol. The normalized spacial score (nSPS) is 16.5. The Kier molecular flexibility index (Phi) is 5.71. The highest BCUT2D eigenvalue weighted by molar-refractivity contribution is 7.99. The van der Waals surface area contributed by atoms with Crippen molar-refractivity contribution in [3.05, 3.63) is 11.6 Å². The van der Waals surface area contributed by atoms with Crippen LogP contribution >= 0.6 is 11.8 Å². The van der Waals surface area contributed by atoms with E-state index in [1.807, 2.05) is 11.8 Å². The van der Waals surface area contributed by atoms with Gasteiger partial charge in [-0.3, -0.25) is 4.79 Å². The lowest BCUT2D eigenvalue weighted by atomic mass is 10.1. The summed E-state index contributed by atoms with van der Waals surface area (Å²) >= 11 is 1.94. The monoisotopic (exact) mass is 215 g/mol. The Bertz CT molecular complexity index is 208. The van der Waals surface area contributed by atoms with Crippen molar-refractivity contribution in [2.24, 2.45) is 0 Å². The average molecular weight is 215 g/mol. The third-order valence-corrected chi connectivity index (χ3v) is 3.09. The average Bonchev–Trinajstić information content (AvgIpc) is 2.20. The van der Waals surface area contributed by atoms with Crippen LogP contribution in [0, 0.1) is 0 Å². The number of thioether (sulfide) groups is 1. The van der Waals surface area contributed by atoms with Crippen LogP contribution in [-0.4, -0.2) is 35.7 Å². The van der Waals surface area contributed by atoms with E-state index in [1.165, 1.54) is 5.57 Å². The van der Waals surface area contributed by atoms with Gasteiger partial charge in [0, 0.05) is 19.2 Å². The Labute approximate surface area is 89.0 Å². The minimum atomic E-state index is -0.0136. The highest BCUT2D eigenvalue weighted by atomic mass is 32.2. The summed E-state index contributed by atoms with van der Waals surface area (Å²) < 4.78 is 0. The maximum absolute atomic E-state index is 11.3.